The van der Waals surface area contributed by atoms with Crippen LogP contribution in [0.15, 0.2) is 0 Å². The Balaban J connectivity index is -0.0000000569. The number of likely N-dealkylation sites (N-methyl/N-ethyl adjacent to an activating group) is 1. The Kier molecular flexibility index (Phi) is 20.3. The maximum absolute atomic E-state index is 8.67. The number of hydrogen-bond donors (Lipinski definition) is 1. The summed E-state index contributed by atoms with van der Waals surface area (Å²) in [6, 6.07) is 0. The van der Waals surface area contributed by atoms with Crippen LogP contribution in [0, 0.1) is 0 Å². The first kappa shape index (κ1) is 18.7. The Morgan fingerprint density at radius 1 is 1.55 bits per heavy atom. The van der Waals surface area contributed by atoms with Crippen LogP contribution >= 0.6 is 19.1 Å². The van der Waals surface area contributed by atoms with Crippen molar-refractivity contribution >= 4 is 19.1 Å². The monoisotopic (exact) mass is 226 g/mol. The molecule has 0 amide bonds. The van der Waals surface area contributed by atoms with E-state index >= 15 is 0 Å². The van der Waals surface area contributed by atoms with Gasteiger partial charge >= 0.3 is 51.4 Å². The van der Waals surface area contributed by atoms with E-state index in [0.717, 1.165) is 11.0 Å². The third kappa shape index (κ3) is 33.4. The van der Waals surface area contributed by atoms with Crippen LogP contribution in [0.5, 0.6) is 0 Å². The molecule has 0 bridgehead atoms. The topological polar surface area (TPSA) is 37.3 Å². The molecule has 0 spiro atoms. The van der Waals surface area contributed by atoms with Crippen molar-refractivity contribution in [2.45, 2.75) is 0 Å². The van der Waals surface area contributed by atoms with Crippen molar-refractivity contribution in [1.29, 1.82) is 0 Å². The van der Waals surface area contributed by atoms with Crippen LogP contribution in [0.4, 0.5) is 0 Å². The zero-order valence-corrected chi connectivity index (χ0v) is 12.3. The first-order chi connectivity index (χ1) is 4.47. The van der Waals surface area contributed by atoms with Gasteiger partial charge < -0.3 is 11.0 Å². The molecule has 0 fully saturated rings. The van der Waals surface area contributed by atoms with E-state index < -0.39 is 0 Å². The minimum atomic E-state index is -0.361. The largest absolute Gasteiger partial charge is 1.00 e. The van der Waals surface area contributed by atoms with Gasteiger partial charge in [0.15, 0.2) is 0 Å². The molecule has 1 N–H and O–H groups in total. The standard InChI is InChI=1S/C5H14NO.ClOP.K.H/c1-6(2,3)4-5-7;1-3-2;;/h7H,4-5H2,1-3H3;;;/q+1;;+1;-1. The minimum absolute atomic E-state index is 0. The summed E-state index contributed by atoms with van der Waals surface area (Å²) in [5.74, 6) is 0. The first-order valence-electron chi connectivity index (χ1n) is 2.83. The van der Waals surface area contributed by atoms with Gasteiger partial charge in [-0.1, -0.05) is 0 Å². The van der Waals surface area contributed by atoms with E-state index in [2.05, 4.69) is 32.4 Å². The molecule has 11 heavy (non-hydrogen) atoms. The quantitative estimate of drug-likeness (QED) is 0.344. The molecule has 0 rings (SSSR count). The molecule has 0 unspecified atom stereocenters. The van der Waals surface area contributed by atoms with E-state index in [9.17, 15) is 0 Å². The van der Waals surface area contributed by atoms with Gasteiger partial charge in [0, 0.05) is 0 Å². The third-order valence-corrected chi connectivity index (χ3v) is 0.771. The van der Waals surface area contributed by atoms with Crippen molar-refractivity contribution < 1.29 is 67.0 Å². The summed E-state index contributed by atoms with van der Waals surface area (Å²) in [7, 11) is 5.79. The predicted octanol–water partition coefficient (Wildman–Crippen LogP) is -1.77. The van der Waals surface area contributed by atoms with E-state index in [1.165, 1.54) is 0 Å². The summed E-state index contributed by atoms with van der Waals surface area (Å²) in [6.07, 6.45) is 0. The number of hydrogen-bond acceptors (Lipinski definition) is 2. The minimum Gasteiger partial charge on any atom is -1.00 e. The molecule has 3 nitrogen and oxygen atoms in total. The SMILES string of the molecule is C[N+](C)(C)CCO.O=PCl.[H-].[K+]. The second kappa shape index (κ2) is 11.9. The summed E-state index contributed by atoms with van der Waals surface area (Å²) >= 11 is 4.42. The normalized spacial score (nSPS) is 9.55. The molecule has 0 atom stereocenters. The van der Waals surface area contributed by atoms with Crippen LogP contribution in [0.2, 0.25) is 0 Å². The Bertz CT molecular complexity index is 94.0. The van der Waals surface area contributed by atoms with Crippen LogP contribution in [0.25, 0.3) is 0 Å². The van der Waals surface area contributed by atoms with Gasteiger partial charge in [0.05, 0.1) is 27.7 Å². The Labute approximate surface area is 119 Å². The average Bonchev–Trinajstić information content (AvgIpc) is 1.63. The molecule has 0 radical (unpaired) electrons. The zero-order valence-electron chi connectivity index (χ0n) is 8.54. The van der Waals surface area contributed by atoms with Gasteiger partial charge in [0.1, 0.15) is 6.54 Å². The first-order valence-corrected chi connectivity index (χ1v) is 4.54. The number of aliphatic hydroxyl groups excluding tert-OH is 1. The van der Waals surface area contributed by atoms with Gasteiger partial charge in [-0.2, -0.15) is 0 Å². The second-order valence-corrected chi connectivity index (χ2v) is 3.36. The van der Waals surface area contributed by atoms with Crippen molar-refractivity contribution in [3.8, 4) is 0 Å². The molecule has 0 heterocycles. The third-order valence-electron chi connectivity index (χ3n) is 0.771. The molecule has 0 aromatic heterocycles. The van der Waals surface area contributed by atoms with E-state index in [1.54, 1.807) is 0 Å². The number of quaternary nitrogens is 1. The molecule has 0 aliphatic rings. The van der Waals surface area contributed by atoms with E-state index in [4.69, 9.17) is 9.67 Å². The average molecular weight is 227 g/mol. The molecule has 6 heteroatoms. The van der Waals surface area contributed by atoms with Crippen molar-refractivity contribution in [2.75, 3.05) is 34.3 Å². The molecule has 0 saturated heterocycles. The summed E-state index contributed by atoms with van der Waals surface area (Å²) in [5.41, 5.74) is 0. The fraction of sp³-hybridized carbons (Fsp3) is 1.00. The summed E-state index contributed by atoms with van der Waals surface area (Å²) in [6.45, 7) is 1.11. The van der Waals surface area contributed by atoms with Crippen molar-refractivity contribution in [2.24, 2.45) is 0 Å². The summed E-state index contributed by atoms with van der Waals surface area (Å²) in [5, 5.41) is 8.39. The number of halogens is 1. The predicted molar refractivity (Wildman–Crippen MR) is 44.6 cm³/mol. The van der Waals surface area contributed by atoms with Crippen LogP contribution in [-0.4, -0.2) is 43.9 Å². The second-order valence-electron chi connectivity index (χ2n) is 2.81. The molecule has 0 aromatic rings. The van der Waals surface area contributed by atoms with E-state index in [-0.39, 0.29) is 67.2 Å². The Hall–Kier alpha value is 1.95. The van der Waals surface area contributed by atoms with Gasteiger partial charge in [-0.15, -0.1) is 0 Å². The maximum Gasteiger partial charge on any atom is 1.00 e. The van der Waals surface area contributed by atoms with E-state index in [0.29, 0.717) is 0 Å². The molecule has 0 aliphatic carbocycles. The van der Waals surface area contributed by atoms with Crippen LogP contribution < -0.4 is 51.4 Å². The number of aliphatic hydroxyl groups is 1. The van der Waals surface area contributed by atoms with Gasteiger partial charge in [0.25, 0.3) is 7.81 Å². The van der Waals surface area contributed by atoms with Crippen LogP contribution in [0.1, 0.15) is 1.43 Å². The molecule has 0 aromatic carbocycles. The molecular formula is C5H15ClKNO2P+. The molecular weight excluding hydrogens is 212 g/mol. The number of nitrogens with zero attached hydrogens (tertiary/aromatic N) is 1. The maximum atomic E-state index is 8.67. The van der Waals surface area contributed by atoms with Gasteiger partial charge in [-0.25, -0.2) is 0 Å². The zero-order chi connectivity index (χ0) is 8.62. The van der Waals surface area contributed by atoms with Crippen LogP contribution in [-0.2, 0) is 4.57 Å². The number of rotatable bonds is 2. The van der Waals surface area contributed by atoms with Crippen molar-refractivity contribution in [3.63, 3.8) is 0 Å². The van der Waals surface area contributed by atoms with Gasteiger partial charge in [0.2, 0.25) is 0 Å². The molecule has 0 aliphatic heterocycles. The molecule has 64 valence electrons. The smallest absolute Gasteiger partial charge is 1.00 e. The van der Waals surface area contributed by atoms with Gasteiger partial charge in [-0.05, 0) is 11.2 Å². The summed E-state index contributed by atoms with van der Waals surface area (Å²) in [4.78, 5) is 0. The Morgan fingerprint density at radius 2 is 1.82 bits per heavy atom. The summed E-state index contributed by atoms with van der Waals surface area (Å²) < 4.78 is 9.51. The fourth-order valence-electron chi connectivity index (χ4n) is 0.300. The fourth-order valence-corrected chi connectivity index (χ4v) is 0.300. The molecule has 0 saturated carbocycles. The van der Waals surface area contributed by atoms with Gasteiger partial charge in [-0.3, -0.25) is 4.57 Å². The van der Waals surface area contributed by atoms with Crippen LogP contribution in [0.3, 0.4) is 0 Å². The van der Waals surface area contributed by atoms with Crippen molar-refractivity contribution in [3.05, 3.63) is 0 Å². The van der Waals surface area contributed by atoms with E-state index in [1.807, 2.05) is 0 Å². The van der Waals surface area contributed by atoms with Crippen molar-refractivity contribution in [1.82, 2.24) is 0 Å². The Morgan fingerprint density at radius 3 is 1.82 bits per heavy atom.